The highest BCUT2D eigenvalue weighted by molar-refractivity contribution is 5.94. The van der Waals surface area contributed by atoms with E-state index in [4.69, 9.17) is 10.5 Å². The van der Waals surface area contributed by atoms with Crippen LogP contribution >= 0.6 is 0 Å². The first kappa shape index (κ1) is 33.2. The zero-order valence-corrected chi connectivity index (χ0v) is 26.2. The lowest BCUT2D eigenvalue weighted by Crippen LogP contribution is -2.48. The second-order valence-corrected chi connectivity index (χ2v) is 12.5. The molecule has 47 heavy (non-hydrogen) atoms. The molecule has 0 aliphatic carbocycles. The van der Waals surface area contributed by atoms with Crippen molar-refractivity contribution in [2.75, 3.05) is 6.54 Å². The van der Waals surface area contributed by atoms with Crippen LogP contribution in [0.1, 0.15) is 66.3 Å². The van der Waals surface area contributed by atoms with Crippen molar-refractivity contribution in [3.05, 3.63) is 125 Å². The zero-order valence-electron chi connectivity index (χ0n) is 26.2. The highest BCUT2D eigenvalue weighted by atomic mass is 19.1. The Morgan fingerprint density at radius 2 is 1.68 bits per heavy atom. The molecule has 5 rings (SSSR count). The number of nitrogens with zero attached hydrogens (tertiary/aromatic N) is 2. The number of aromatic nitrogens is 1. The second kappa shape index (κ2) is 13.7. The number of rotatable bonds is 8. The third-order valence-corrected chi connectivity index (χ3v) is 7.89. The fourth-order valence-electron chi connectivity index (χ4n) is 5.84. The first-order valence-electron chi connectivity index (χ1n) is 15.1. The lowest BCUT2D eigenvalue weighted by molar-refractivity contribution is -0.126. The van der Waals surface area contributed by atoms with Crippen LogP contribution in [-0.2, 0) is 16.0 Å². The van der Waals surface area contributed by atoms with E-state index in [1.807, 2.05) is 30.3 Å². The number of nitrogens with one attached hydrogen (secondary N) is 1. The van der Waals surface area contributed by atoms with Crippen LogP contribution < -0.4 is 11.1 Å². The number of nitrogens with two attached hydrogens (primary N) is 1. The van der Waals surface area contributed by atoms with Gasteiger partial charge in [0.15, 0.2) is 0 Å². The molecule has 1 aliphatic heterocycles. The Morgan fingerprint density at radius 3 is 2.34 bits per heavy atom. The van der Waals surface area contributed by atoms with Crippen molar-refractivity contribution in [1.82, 2.24) is 15.2 Å². The third-order valence-electron chi connectivity index (χ3n) is 7.89. The van der Waals surface area contributed by atoms with E-state index < -0.39 is 53.0 Å². The third kappa shape index (κ3) is 7.97. The molecule has 3 aromatic carbocycles. The maximum atomic E-state index is 14.4. The van der Waals surface area contributed by atoms with Crippen LogP contribution in [0.2, 0.25) is 0 Å². The van der Waals surface area contributed by atoms with E-state index in [9.17, 15) is 27.6 Å². The number of halogens is 3. The molecule has 4 aromatic rings. The van der Waals surface area contributed by atoms with Crippen molar-refractivity contribution in [3.8, 4) is 11.1 Å². The largest absolute Gasteiger partial charge is 0.444 e. The van der Waals surface area contributed by atoms with Gasteiger partial charge in [0.2, 0.25) is 5.91 Å². The summed E-state index contributed by atoms with van der Waals surface area (Å²) in [5, 5.41) is 2.98. The van der Waals surface area contributed by atoms with E-state index in [1.54, 1.807) is 32.9 Å². The van der Waals surface area contributed by atoms with Gasteiger partial charge in [-0.2, -0.15) is 0 Å². The second-order valence-electron chi connectivity index (χ2n) is 12.5. The summed E-state index contributed by atoms with van der Waals surface area (Å²) in [6, 6.07) is 17.8. The van der Waals surface area contributed by atoms with Gasteiger partial charge in [-0.3, -0.25) is 19.5 Å². The number of carbonyl (C=O) groups excluding carboxylic acids is 3. The molecule has 8 nitrogen and oxygen atoms in total. The minimum absolute atomic E-state index is 0.0877. The molecule has 0 bridgehead atoms. The summed E-state index contributed by atoms with van der Waals surface area (Å²) in [5.41, 5.74) is 6.53. The lowest BCUT2D eigenvalue weighted by atomic mass is 9.93. The van der Waals surface area contributed by atoms with Gasteiger partial charge < -0.3 is 15.8 Å². The number of likely N-dealkylation sites (tertiary alicyclic amines) is 1. The minimum atomic E-state index is -0.974. The van der Waals surface area contributed by atoms with Crippen LogP contribution in [0.3, 0.4) is 0 Å². The van der Waals surface area contributed by atoms with Crippen LogP contribution in [0, 0.1) is 17.5 Å². The highest BCUT2D eigenvalue weighted by Gasteiger charge is 2.42. The lowest BCUT2D eigenvalue weighted by Gasteiger charge is -2.29. The van der Waals surface area contributed by atoms with Crippen molar-refractivity contribution >= 4 is 17.9 Å². The van der Waals surface area contributed by atoms with Gasteiger partial charge in [0.1, 0.15) is 29.1 Å². The Bertz CT molecular complexity index is 1770. The molecule has 2 heterocycles. The molecule has 244 valence electrons. The molecular formula is C36H35F3N4O4. The normalized spacial score (nSPS) is 16.9. The standard InChI is InChI=1S/C36H35F3N4O4/c1-36(2,3)47-35(46)43-20-24(22-8-5-4-6-9-22)18-31(43)34(45)42-30(16-21-14-25(37)19-26(38)15-21)32-27(10-7-13-41-32)23-11-12-29(39)28(17-23)33(40)44/h4-15,17,19,24,30-31H,16,18,20H2,1-3H3,(H2,40,44)(H,42,45)/t24-,30-,31-/m0/s1. The van der Waals surface area contributed by atoms with Crippen molar-refractivity contribution < 1.29 is 32.3 Å². The van der Waals surface area contributed by atoms with E-state index in [2.05, 4.69) is 10.3 Å². The van der Waals surface area contributed by atoms with Gasteiger partial charge in [0, 0.05) is 30.3 Å². The quantitative estimate of drug-likeness (QED) is 0.229. The number of ether oxygens (including phenoxy) is 1. The fraction of sp³-hybridized carbons (Fsp3) is 0.278. The summed E-state index contributed by atoms with van der Waals surface area (Å²) in [4.78, 5) is 45.4. The van der Waals surface area contributed by atoms with E-state index >= 15 is 0 Å². The fourth-order valence-corrected chi connectivity index (χ4v) is 5.84. The van der Waals surface area contributed by atoms with Gasteiger partial charge in [-0.15, -0.1) is 0 Å². The summed E-state index contributed by atoms with van der Waals surface area (Å²) in [6.07, 6.45) is 1.04. The minimum Gasteiger partial charge on any atom is -0.444 e. The summed E-state index contributed by atoms with van der Waals surface area (Å²) < 4.78 is 48.6. The molecule has 3 amide bonds. The maximum Gasteiger partial charge on any atom is 0.410 e. The van der Waals surface area contributed by atoms with Crippen LogP contribution in [-0.4, -0.2) is 46.0 Å². The molecular weight excluding hydrogens is 609 g/mol. The number of amides is 3. The molecule has 3 atom stereocenters. The zero-order chi connectivity index (χ0) is 33.9. The van der Waals surface area contributed by atoms with Gasteiger partial charge in [0.05, 0.1) is 17.3 Å². The van der Waals surface area contributed by atoms with Crippen LogP contribution in [0.25, 0.3) is 11.1 Å². The maximum absolute atomic E-state index is 14.4. The van der Waals surface area contributed by atoms with E-state index in [0.29, 0.717) is 17.5 Å². The number of carbonyl (C=O) groups is 3. The SMILES string of the molecule is CC(C)(C)OC(=O)N1C[C@@H](c2ccccc2)C[C@H]1C(=O)N[C@@H](Cc1cc(F)cc(F)c1)c1ncccc1-c1ccc(F)c(C(N)=O)c1. The van der Waals surface area contributed by atoms with Crippen molar-refractivity contribution in [3.63, 3.8) is 0 Å². The molecule has 0 spiro atoms. The molecule has 0 radical (unpaired) electrons. The molecule has 1 aliphatic rings. The Hall–Kier alpha value is -5.19. The number of hydrogen-bond acceptors (Lipinski definition) is 5. The Morgan fingerprint density at radius 1 is 0.979 bits per heavy atom. The first-order chi connectivity index (χ1) is 22.3. The Balaban J connectivity index is 1.54. The van der Waals surface area contributed by atoms with E-state index in [0.717, 1.165) is 29.8 Å². The topological polar surface area (TPSA) is 115 Å². The van der Waals surface area contributed by atoms with Gasteiger partial charge in [0.25, 0.3) is 5.91 Å². The molecule has 0 unspecified atom stereocenters. The molecule has 11 heteroatoms. The van der Waals surface area contributed by atoms with Gasteiger partial charge in [-0.25, -0.2) is 18.0 Å². The Kier molecular flexibility index (Phi) is 9.64. The number of benzene rings is 3. The molecule has 0 saturated carbocycles. The predicted octanol–water partition coefficient (Wildman–Crippen LogP) is 6.46. The number of pyridine rings is 1. The number of hydrogen-bond donors (Lipinski definition) is 2. The van der Waals surface area contributed by atoms with Crippen molar-refractivity contribution in [1.29, 1.82) is 0 Å². The van der Waals surface area contributed by atoms with Gasteiger partial charge in [-0.1, -0.05) is 42.5 Å². The monoisotopic (exact) mass is 644 g/mol. The predicted molar refractivity (Wildman–Crippen MR) is 170 cm³/mol. The molecule has 1 aromatic heterocycles. The Labute approximate surface area is 270 Å². The highest BCUT2D eigenvalue weighted by Crippen LogP contribution is 2.35. The number of primary amides is 1. The average molecular weight is 645 g/mol. The van der Waals surface area contributed by atoms with Gasteiger partial charge in [-0.05, 0) is 80.6 Å². The molecule has 3 N–H and O–H groups in total. The molecule has 1 saturated heterocycles. The summed E-state index contributed by atoms with van der Waals surface area (Å²) >= 11 is 0. The first-order valence-corrected chi connectivity index (χ1v) is 15.1. The van der Waals surface area contributed by atoms with Crippen molar-refractivity contribution in [2.45, 2.75) is 57.2 Å². The van der Waals surface area contributed by atoms with E-state index in [1.165, 1.54) is 23.2 Å². The smallest absolute Gasteiger partial charge is 0.410 e. The van der Waals surface area contributed by atoms with Crippen LogP contribution in [0.5, 0.6) is 0 Å². The van der Waals surface area contributed by atoms with Crippen LogP contribution in [0.15, 0.2) is 85.1 Å². The van der Waals surface area contributed by atoms with Crippen LogP contribution in [0.4, 0.5) is 18.0 Å². The van der Waals surface area contributed by atoms with E-state index in [-0.39, 0.29) is 35.7 Å². The summed E-state index contributed by atoms with van der Waals surface area (Å²) in [5.74, 6) is -4.05. The summed E-state index contributed by atoms with van der Waals surface area (Å²) in [7, 11) is 0. The average Bonchev–Trinajstić information content (AvgIpc) is 3.46. The van der Waals surface area contributed by atoms with Crippen molar-refractivity contribution in [2.24, 2.45) is 5.73 Å². The van der Waals surface area contributed by atoms with Gasteiger partial charge >= 0.3 is 6.09 Å². The summed E-state index contributed by atoms with van der Waals surface area (Å²) in [6.45, 7) is 5.44. The molecule has 1 fully saturated rings.